The molecular weight excluding hydrogens is 378 g/mol. The van der Waals surface area contributed by atoms with Crippen molar-refractivity contribution in [2.24, 2.45) is 0 Å². The topological polar surface area (TPSA) is 73.3 Å². The number of hydrogen-bond donors (Lipinski definition) is 1. The SMILES string of the molecule is Cc1ccc(OC(C)CNC(=O)c2cc(C3CCOCC3)c3cnccc3n2)cc1. The summed E-state index contributed by atoms with van der Waals surface area (Å²) in [6.45, 7) is 5.85. The quantitative estimate of drug-likeness (QED) is 0.670. The molecule has 1 fully saturated rings. The maximum Gasteiger partial charge on any atom is 0.270 e. The molecule has 1 aliphatic heterocycles. The van der Waals surface area contributed by atoms with Crippen LogP contribution in [0.15, 0.2) is 48.8 Å². The van der Waals surface area contributed by atoms with Crippen molar-refractivity contribution >= 4 is 16.8 Å². The Bertz CT molecular complexity index is 1010. The second-order valence-corrected chi connectivity index (χ2v) is 7.83. The third kappa shape index (κ3) is 4.76. The third-order valence-electron chi connectivity index (χ3n) is 5.44. The van der Waals surface area contributed by atoms with E-state index < -0.39 is 0 Å². The van der Waals surface area contributed by atoms with Gasteiger partial charge in [0.05, 0.1) is 12.1 Å². The first-order valence-corrected chi connectivity index (χ1v) is 10.4. The maximum atomic E-state index is 12.9. The Labute approximate surface area is 176 Å². The van der Waals surface area contributed by atoms with Crippen LogP contribution in [0.1, 0.15) is 47.3 Å². The van der Waals surface area contributed by atoms with E-state index in [9.17, 15) is 4.79 Å². The molecule has 30 heavy (non-hydrogen) atoms. The molecule has 6 heteroatoms. The number of carbonyl (C=O) groups excluding carboxylic acids is 1. The molecule has 3 heterocycles. The van der Waals surface area contributed by atoms with Crippen molar-refractivity contribution in [1.82, 2.24) is 15.3 Å². The molecule has 2 aromatic heterocycles. The standard InChI is InChI=1S/C24H27N3O3/c1-16-3-5-19(6-4-16)30-17(2)14-26-24(28)23-13-20(18-8-11-29-12-9-18)21-15-25-10-7-22(21)27-23/h3-7,10,13,15,17-18H,8-9,11-12,14H2,1-2H3,(H,26,28). The fraction of sp³-hybridized carbons (Fsp3) is 0.375. The van der Waals surface area contributed by atoms with Gasteiger partial charge in [0, 0.05) is 31.0 Å². The number of aryl methyl sites for hydroxylation is 1. The molecule has 1 aliphatic rings. The van der Waals surface area contributed by atoms with E-state index in [0.717, 1.165) is 48.3 Å². The van der Waals surface area contributed by atoms with Gasteiger partial charge in [-0.2, -0.15) is 0 Å². The van der Waals surface area contributed by atoms with E-state index in [1.807, 2.05) is 56.4 Å². The van der Waals surface area contributed by atoms with Crippen LogP contribution in [0.5, 0.6) is 5.75 Å². The first-order chi connectivity index (χ1) is 14.6. The number of ether oxygens (including phenoxy) is 2. The van der Waals surface area contributed by atoms with Gasteiger partial charge in [-0.1, -0.05) is 17.7 Å². The molecule has 6 nitrogen and oxygen atoms in total. The number of nitrogens with one attached hydrogen (secondary N) is 1. The highest BCUT2D eigenvalue weighted by Gasteiger charge is 2.21. The fourth-order valence-corrected chi connectivity index (χ4v) is 3.77. The Morgan fingerprint density at radius 2 is 2.00 bits per heavy atom. The molecule has 1 unspecified atom stereocenters. The highest BCUT2D eigenvalue weighted by molar-refractivity contribution is 5.96. The van der Waals surface area contributed by atoms with Crippen molar-refractivity contribution in [3.05, 3.63) is 65.6 Å². The average Bonchev–Trinajstić information content (AvgIpc) is 2.79. The summed E-state index contributed by atoms with van der Waals surface area (Å²) in [5, 5.41) is 3.97. The number of pyridine rings is 2. The summed E-state index contributed by atoms with van der Waals surface area (Å²) in [5.41, 5.74) is 3.53. The van der Waals surface area contributed by atoms with Crippen LogP contribution in [0.25, 0.3) is 10.9 Å². The zero-order chi connectivity index (χ0) is 20.9. The van der Waals surface area contributed by atoms with Gasteiger partial charge in [-0.05, 0) is 62.4 Å². The summed E-state index contributed by atoms with van der Waals surface area (Å²) < 4.78 is 11.4. The highest BCUT2D eigenvalue weighted by atomic mass is 16.5. The van der Waals surface area contributed by atoms with Crippen molar-refractivity contribution in [2.75, 3.05) is 19.8 Å². The van der Waals surface area contributed by atoms with Crippen LogP contribution in [0.3, 0.4) is 0 Å². The van der Waals surface area contributed by atoms with E-state index in [-0.39, 0.29) is 12.0 Å². The molecule has 1 saturated heterocycles. The molecular formula is C24H27N3O3. The molecule has 1 amide bonds. The van der Waals surface area contributed by atoms with Gasteiger partial charge < -0.3 is 14.8 Å². The lowest BCUT2D eigenvalue weighted by molar-refractivity contribution is 0.0855. The molecule has 3 aromatic rings. The van der Waals surface area contributed by atoms with Crippen molar-refractivity contribution in [3.8, 4) is 5.75 Å². The second kappa shape index (κ2) is 9.22. The van der Waals surface area contributed by atoms with E-state index in [1.54, 1.807) is 6.20 Å². The van der Waals surface area contributed by atoms with Gasteiger partial charge >= 0.3 is 0 Å². The van der Waals surface area contributed by atoms with E-state index in [0.29, 0.717) is 18.2 Å². The van der Waals surface area contributed by atoms with Crippen LogP contribution in [0, 0.1) is 6.92 Å². The first kappa shape index (κ1) is 20.3. The van der Waals surface area contributed by atoms with Crippen molar-refractivity contribution in [1.29, 1.82) is 0 Å². The molecule has 156 valence electrons. The van der Waals surface area contributed by atoms with E-state index >= 15 is 0 Å². The Morgan fingerprint density at radius 3 is 2.77 bits per heavy atom. The minimum absolute atomic E-state index is 0.156. The van der Waals surface area contributed by atoms with E-state index in [4.69, 9.17) is 9.47 Å². The van der Waals surface area contributed by atoms with E-state index in [2.05, 4.69) is 15.3 Å². The van der Waals surface area contributed by atoms with Crippen LogP contribution < -0.4 is 10.1 Å². The van der Waals surface area contributed by atoms with Crippen molar-refractivity contribution in [2.45, 2.75) is 38.7 Å². The normalized spacial score (nSPS) is 15.7. The Balaban J connectivity index is 1.47. The minimum atomic E-state index is -0.193. The van der Waals surface area contributed by atoms with Gasteiger partial charge in [0.2, 0.25) is 0 Å². The summed E-state index contributed by atoms with van der Waals surface area (Å²) in [6.07, 6.45) is 5.28. The van der Waals surface area contributed by atoms with Gasteiger partial charge in [0.15, 0.2) is 0 Å². The second-order valence-electron chi connectivity index (χ2n) is 7.83. The molecule has 0 saturated carbocycles. The van der Waals surface area contributed by atoms with Crippen molar-refractivity contribution in [3.63, 3.8) is 0 Å². The molecule has 4 rings (SSSR count). The van der Waals surface area contributed by atoms with Gasteiger partial charge in [-0.3, -0.25) is 9.78 Å². The maximum absolute atomic E-state index is 12.9. The number of hydrogen-bond acceptors (Lipinski definition) is 5. The van der Waals surface area contributed by atoms with Crippen LogP contribution in [0.4, 0.5) is 0 Å². The lowest BCUT2D eigenvalue weighted by Gasteiger charge is -2.24. The van der Waals surface area contributed by atoms with Crippen molar-refractivity contribution < 1.29 is 14.3 Å². The molecule has 1 aromatic carbocycles. The number of fused-ring (bicyclic) bond motifs is 1. The molecule has 1 atom stereocenters. The summed E-state index contributed by atoms with van der Waals surface area (Å²) in [7, 11) is 0. The lowest BCUT2D eigenvalue weighted by atomic mass is 9.89. The highest BCUT2D eigenvalue weighted by Crippen LogP contribution is 2.32. The van der Waals surface area contributed by atoms with Gasteiger partial charge in [-0.15, -0.1) is 0 Å². The summed E-state index contributed by atoms with van der Waals surface area (Å²) in [6, 6.07) is 11.7. The summed E-state index contributed by atoms with van der Waals surface area (Å²) >= 11 is 0. The average molecular weight is 405 g/mol. The van der Waals surface area contributed by atoms with Crippen LogP contribution in [-0.2, 0) is 4.74 Å². The first-order valence-electron chi connectivity index (χ1n) is 10.4. The number of benzene rings is 1. The molecule has 0 spiro atoms. The monoisotopic (exact) mass is 405 g/mol. The van der Waals surface area contributed by atoms with Gasteiger partial charge in [0.1, 0.15) is 17.5 Å². The van der Waals surface area contributed by atoms with Gasteiger partial charge in [-0.25, -0.2) is 4.98 Å². The molecule has 0 bridgehead atoms. The van der Waals surface area contributed by atoms with Crippen LogP contribution in [0.2, 0.25) is 0 Å². The van der Waals surface area contributed by atoms with Crippen LogP contribution in [-0.4, -0.2) is 41.7 Å². The summed E-state index contributed by atoms with van der Waals surface area (Å²) in [4.78, 5) is 21.7. The minimum Gasteiger partial charge on any atom is -0.489 e. The predicted molar refractivity (Wildman–Crippen MR) is 116 cm³/mol. The number of amides is 1. The van der Waals surface area contributed by atoms with Gasteiger partial charge in [0.25, 0.3) is 5.91 Å². The fourth-order valence-electron chi connectivity index (χ4n) is 3.77. The van der Waals surface area contributed by atoms with Crippen LogP contribution >= 0.6 is 0 Å². The number of carbonyl (C=O) groups is 1. The predicted octanol–water partition coefficient (Wildman–Crippen LogP) is 4.03. The largest absolute Gasteiger partial charge is 0.489 e. The number of nitrogens with zero attached hydrogens (tertiary/aromatic N) is 2. The summed E-state index contributed by atoms with van der Waals surface area (Å²) in [5.74, 6) is 0.950. The smallest absolute Gasteiger partial charge is 0.270 e. The molecule has 1 N–H and O–H groups in total. The van der Waals surface area contributed by atoms with E-state index in [1.165, 1.54) is 5.56 Å². The zero-order valence-electron chi connectivity index (χ0n) is 17.4. The number of aromatic nitrogens is 2. The lowest BCUT2D eigenvalue weighted by Crippen LogP contribution is -2.34. The third-order valence-corrected chi connectivity index (χ3v) is 5.44. The Kier molecular flexibility index (Phi) is 6.23. The Morgan fingerprint density at radius 1 is 1.23 bits per heavy atom. The zero-order valence-corrected chi connectivity index (χ0v) is 17.4. The molecule has 0 radical (unpaired) electrons. The Hall–Kier alpha value is -2.99. The molecule has 0 aliphatic carbocycles. The number of rotatable bonds is 6.